The first-order valence-electron chi connectivity index (χ1n) is 5.99. The summed E-state index contributed by atoms with van der Waals surface area (Å²) in [5, 5.41) is 5.49. The van der Waals surface area contributed by atoms with E-state index in [-0.39, 0.29) is 6.04 Å². The zero-order valence-electron chi connectivity index (χ0n) is 10.5. The lowest BCUT2D eigenvalue weighted by Gasteiger charge is -2.16. The van der Waals surface area contributed by atoms with Crippen molar-refractivity contribution in [3.8, 4) is 0 Å². The molecule has 0 heterocycles. The second-order valence-corrected chi connectivity index (χ2v) is 5.61. The fourth-order valence-electron chi connectivity index (χ4n) is 1.86. The third kappa shape index (κ3) is 3.87. The van der Waals surface area contributed by atoms with E-state index >= 15 is 0 Å². The Morgan fingerprint density at radius 2 is 1.74 bits per heavy atom. The van der Waals surface area contributed by atoms with Gasteiger partial charge >= 0.3 is 0 Å². The Morgan fingerprint density at radius 3 is 2.42 bits per heavy atom. The lowest BCUT2D eigenvalue weighted by atomic mass is 10.1. The lowest BCUT2D eigenvalue weighted by Crippen LogP contribution is -2.18. The van der Waals surface area contributed by atoms with E-state index in [0.29, 0.717) is 16.6 Å². The average Bonchev–Trinajstić information content (AvgIpc) is 2.38. The van der Waals surface area contributed by atoms with Crippen molar-refractivity contribution in [1.82, 2.24) is 5.32 Å². The molecule has 2 aromatic rings. The van der Waals surface area contributed by atoms with Gasteiger partial charge < -0.3 is 5.32 Å². The molecule has 0 aliphatic rings. The molecular weight excluding hydrogens is 301 g/mol. The van der Waals surface area contributed by atoms with Crippen LogP contribution in [0.5, 0.6) is 0 Å². The molecule has 2 rings (SSSR count). The molecule has 4 heteroatoms. The Kier molecular flexibility index (Phi) is 5.12. The van der Waals surface area contributed by atoms with Gasteiger partial charge in [-0.15, -0.1) is 0 Å². The predicted octanol–water partition coefficient (Wildman–Crippen LogP) is 5.50. The minimum atomic E-state index is 0.153. The van der Waals surface area contributed by atoms with Crippen LogP contribution in [0, 0.1) is 0 Å². The maximum absolute atomic E-state index is 6.17. The summed E-state index contributed by atoms with van der Waals surface area (Å²) in [5.74, 6) is 0. The molecule has 0 saturated carbocycles. The molecule has 19 heavy (non-hydrogen) atoms. The zero-order chi connectivity index (χ0) is 13.8. The molecule has 2 aromatic carbocycles. The van der Waals surface area contributed by atoms with Crippen LogP contribution in [-0.4, -0.2) is 0 Å². The smallest absolute Gasteiger partial charge is 0.0465 e. The first-order valence-corrected chi connectivity index (χ1v) is 7.13. The molecule has 0 fully saturated rings. The minimum absolute atomic E-state index is 0.153. The molecule has 0 aromatic heterocycles. The topological polar surface area (TPSA) is 12.0 Å². The highest BCUT2D eigenvalue weighted by atomic mass is 35.5. The summed E-state index contributed by atoms with van der Waals surface area (Å²) in [7, 11) is 0. The van der Waals surface area contributed by atoms with Crippen molar-refractivity contribution in [2.24, 2.45) is 0 Å². The Morgan fingerprint density at radius 1 is 1.00 bits per heavy atom. The highest BCUT2D eigenvalue weighted by Gasteiger charge is 2.09. The van der Waals surface area contributed by atoms with Gasteiger partial charge in [0.05, 0.1) is 0 Å². The quantitative estimate of drug-likeness (QED) is 0.786. The van der Waals surface area contributed by atoms with Crippen LogP contribution in [0.15, 0.2) is 42.5 Å². The van der Waals surface area contributed by atoms with E-state index in [9.17, 15) is 0 Å². The van der Waals surface area contributed by atoms with E-state index in [0.717, 1.165) is 16.1 Å². The molecule has 0 amide bonds. The number of benzene rings is 2. The lowest BCUT2D eigenvalue weighted by molar-refractivity contribution is 0.575. The average molecular weight is 315 g/mol. The molecule has 1 atom stereocenters. The zero-order valence-corrected chi connectivity index (χ0v) is 12.7. The van der Waals surface area contributed by atoms with E-state index in [1.807, 2.05) is 36.4 Å². The number of nitrogens with one attached hydrogen (secondary N) is 1. The van der Waals surface area contributed by atoms with E-state index in [1.54, 1.807) is 6.07 Å². The summed E-state index contributed by atoms with van der Waals surface area (Å²) in [5.41, 5.74) is 2.10. The van der Waals surface area contributed by atoms with Crippen molar-refractivity contribution in [3.05, 3.63) is 68.7 Å². The number of hydrogen-bond acceptors (Lipinski definition) is 1. The normalized spacial score (nSPS) is 12.4. The van der Waals surface area contributed by atoms with E-state index in [4.69, 9.17) is 34.8 Å². The van der Waals surface area contributed by atoms with Gasteiger partial charge in [0.25, 0.3) is 0 Å². The molecule has 1 N–H and O–H groups in total. The van der Waals surface area contributed by atoms with E-state index < -0.39 is 0 Å². The van der Waals surface area contributed by atoms with Gasteiger partial charge in [-0.25, -0.2) is 0 Å². The summed E-state index contributed by atoms with van der Waals surface area (Å²) in [6.07, 6.45) is 0. The summed E-state index contributed by atoms with van der Waals surface area (Å²) >= 11 is 18.2. The fourth-order valence-corrected chi connectivity index (χ4v) is 2.64. The molecule has 0 radical (unpaired) electrons. The van der Waals surface area contributed by atoms with Crippen molar-refractivity contribution in [2.75, 3.05) is 0 Å². The summed E-state index contributed by atoms with van der Waals surface area (Å²) in [4.78, 5) is 0. The van der Waals surface area contributed by atoms with Crippen molar-refractivity contribution in [3.63, 3.8) is 0 Å². The van der Waals surface area contributed by atoms with Gasteiger partial charge in [0.15, 0.2) is 0 Å². The minimum Gasteiger partial charge on any atom is -0.306 e. The molecule has 100 valence electrons. The first-order chi connectivity index (χ1) is 9.08. The van der Waals surface area contributed by atoms with Crippen LogP contribution in [0.1, 0.15) is 24.1 Å². The van der Waals surface area contributed by atoms with Gasteiger partial charge in [-0.2, -0.15) is 0 Å². The maximum atomic E-state index is 6.17. The van der Waals surface area contributed by atoms with Gasteiger partial charge in [0.1, 0.15) is 0 Å². The van der Waals surface area contributed by atoms with Gasteiger partial charge in [-0.1, -0.05) is 59.1 Å². The van der Waals surface area contributed by atoms with Gasteiger partial charge in [0, 0.05) is 27.7 Å². The highest BCUT2D eigenvalue weighted by molar-refractivity contribution is 6.35. The van der Waals surface area contributed by atoms with Crippen LogP contribution >= 0.6 is 34.8 Å². The Bertz CT molecular complexity index is 569. The molecule has 0 spiro atoms. The van der Waals surface area contributed by atoms with Crippen LogP contribution < -0.4 is 5.32 Å². The third-order valence-corrected chi connectivity index (χ3v) is 3.92. The second kappa shape index (κ2) is 6.62. The highest BCUT2D eigenvalue weighted by Crippen LogP contribution is 2.24. The maximum Gasteiger partial charge on any atom is 0.0465 e. The van der Waals surface area contributed by atoms with Gasteiger partial charge in [-0.3, -0.25) is 0 Å². The molecule has 0 bridgehead atoms. The fraction of sp³-hybridized carbons (Fsp3) is 0.200. The monoisotopic (exact) mass is 313 g/mol. The Labute approximate surface area is 128 Å². The summed E-state index contributed by atoms with van der Waals surface area (Å²) < 4.78 is 0. The molecule has 0 aliphatic heterocycles. The van der Waals surface area contributed by atoms with Crippen molar-refractivity contribution >= 4 is 34.8 Å². The first kappa shape index (κ1) is 14.7. The summed E-state index contributed by atoms with van der Waals surface area (Å²) in [6.45, 7) is 2.74. The van der Waals surface area contributed by atoms with Crippen LogP contribution in [0.2, 0.25) is 15.1 Å². The molecule has 1 unspecified atom stereocenters. The van der Waals surface area contributed by atoms with Crippen LogP contribution in [-0.2, 0) is 6.54 Å². The van der Waals surface area contributed by atoms with Gasteiger partial charge in [0.2, 0.25) is 0 Å². The molecule has 0 saturated heterocycles. The number of halogens is 3. The molecule has 1 nitrogen and oxygen atoms in total. The van der Waals surface area contributed by atoms with Crippen LogP contribution in [0.4, 0.5) is 0 Å². The van der Waals surface area contributed by atoms with E-state index in [2.05, 4.69) is 12.2 Å². The molecule has 0 aliphatic carbocycles. The van der Waals surface area contributed by atoms with Crippen molar-refractivity contribution in [1.29, 1.82) is 0 Å². The van der Waals surface area contributed by atoms with Crippen molar-refractivity contribution in [2.45, 2.75) is 19.5 Å². The van der Waals surface area contributed by atoms with Crippen LogP contribution in [0.3, 0.4) is 0 Å². The Hall–Kier alpha value is -0.730. The molecular formula is C15H14Cl3N. The largest absolute Gasteiger partial charge is 0.306 e. The SMILES string of the molecule is CC(NCc1ccc(Cl)cc1Cl)c1ccccc1Cl. The van der Waals surface area contributed by atoms with E-state index in [1.165, 1.54) is 0 Å². The third-order valence-electron chi connectivity index (χ3n) is 2.99. The van der Waals surface area contributed by atoms with Crippen LogP contribution in [0.25, 0.3) is 0 Å². The van der Waals surface area contributed by atoms with Crippen molar-refractivity contribution < 1.29 is 0 Å². The number of hydrogen-bond donors (Lipinski definition) is 1. The number of rotatable bonds is 4. The Balaban J connectivity index is 2.04. The summed E-state index contributed by atoms with van der Waals surface area (Å²) in [6, 6.07) is 13.5. The van der Waals surface area contributed by atoms with Gasteiger partial charge in [-0.05, 0) is 36.2 Å². The predicted molar refractivity (Wildman–Crippen MR) is 83.2 cm³/mol. The second-order valence-electron chi connectivity index (χ2n) is 4.36. The standard InChI is InChI=1S/C15H14Cl3N/c1-10(13-4-2-3-5-14(13)17)19-9-11-6-7-12(16)8-15(11)18/h2-8,10,19H,9H2,1H3.